The number of methoxy groups -OCH3 is 1. The molecule has 9 heteroatoms. The summed E-state index contributed by atoms with van der Waals surface area (Å²) in [4.78, 5) is 18.4. The number of nitriles is 1. The van der Waals surface area contributed by atoms with Gasteiger partial charge in [-0.2, -0.15) is 5.26 Å². The molecule has 0 fully saturated rings. The van der Waals surface area contributed by atoms with Crippen LogP contribution < -0.4 is 14.2 Å². The number of carboxylic acid groups (broad SMARTS) is 1. The van der Waals surface area contributed by atoms with Gasteiger partial charge in [0.05, 0.1) is 34.8 Å². The zero-order valence-corrected chi connectivity index (χ0v) is 17.8. The minimum atomic E-state index is -1.10. The van der Waals surface area contributed by atoms with Gasteiger partial charge < -0.3 is 24.3 Å². The number of carbonyl (C=O) groups is 1. The molecule has 3 rings (SSSR count). The molecule has 0 aliphatic rings. The first-order chi connectivity index (χ1) is 14.4. The molecule has 0 aliphatic heterocycles. The Balaban J connectivity index is 2.01. The van der Waals surface area contributed by atoms with Crippen molar-refractivity contribution in [2.24, 2.45) is 0 Å². The zero-order chi connectivity index (χ0) is 21.7. The van der Waals surface area contributed by atoms with Crippen molar-refractivity contribution in [3.8, 4) is 23.3 Å². The van der Waals surface area contributed by atoms with Crippen LogP contribution in [0.25, 0.3) is 22.7 Å². The maximum Gasteiger partial charge on any atom is 0.341 e. The second-order valence-electron chi connectivity index (χ2n) is 6.08. The van der Waals surface area contributed by atoms with Crippen LogP contribution in [0.1, 0.15) is 18.3 Å². The predicted molar refractivity (Wildman–Crippen MR) is 115 cm³/mol. The van der Waals surface area contributed by atoms with Gasteiger partial charge in [0.2, 0.25) is 0 Å². The Bertz CT molecular complexity index is 1160. The van der Waals surface area contributed by atoms with Crippen molar-refractivity contribution in [2.45, 2.75) is 6.92 Å². The Hall–Kier alpha value is -3.51. The second kappa shape index (κ2) is 9.33. The number of aromatic nitrogens is 2. The minimum Gasteiger partial charge on any atom is -0.497 e. The number of ether oxygens (including phenoxy) is 3. The number of nitrogens with one attached hydrogen (secondary N) is 1. The Labute approximate surface area is 180 Å². The van der Waals surface area contributed by atoms with Gasteiger partial charge in [0, 0.05) is 6.07 Å². The number of aliphatic carboxylic acids is 1. The quantitative estimate of drug-likeness (QED) is 0.471. The molecule has 0 saturated carbocycles. The number of nitrogens with zero attached hydrogens (tertiary/aromatic N) is 2. The molecule has 0 bridgehead atoms. The van der Waals surface area contributed by atoms with Crippen LogP contribution in [0.2, 0.25) is 0 Å². The van der Waals surface area contributed by atoms with Crippen LogP contribution in [0.4, 0.5) is 0 Å². The van der Waals surface area contributed by atoms with E-state index in [-0.39, 0.29) is 5.75 Å². The Morgan fingerprint density at radius 1 is 1.33 bits per heavy atom. The SMILES string of the molecule is CCOc1cc(C=C(C#N)c2nc3ccc(OC)cc3[nH]2)cc(Br)c1OCC(=O)O. The van der Waals surface area contributed by atoms with Crippen LogP contribution in [0, 0.1) is 11.3 Å². The molecule has 154 valence electrons. The zero-order valence-electron chi connectivity index (χ0n) is 16.2. The fourth-order valence-corrected chi connectivity index (χ4v) is 3.35. The van der Waals surface area contributed by atoms with E-state index in [4.69, 9.17) is 19.3 Å². The Morgan fingerprint density at radius 2 is 2.13 bits per heavy atom. The van der Waals surface area contributed by atoms with Gasteiger partial charge in [-0.1, -0.05) is 0 Å². The van der Waals surface area contributed by atoms with E-state index in [0.29, 0.717) is 45.1 Å². The standard InChI is InChI=1S/C21H18BrN3O5/c1-3-29-18-8-12(7-15(22)20(18)30-11-19(26)27)6-13(10-23)21-24-16-5-4-14(28-2)9-17(16)25-21/h4-9H,3,11H2,1-2H3,(H,24,25)(H,26,27). The minimum absolute atomic E-state index is 0.283. The number of halogens is 1. The van der Waals surface area contributed by atoms with Gasteiger partial charge in [-0.05, 0) is 58.8 Å². The summed E-state index contributed by atoms with van der Waals surface area (Å²) >= 11 is 3.38. The van der Waals surface area contributed by atoms with Crippen LogP contribution in [0.15, 0.2) is 34.8 Å². The van der Waals surface area contributed by atoms with Gasteiger partial charge in [0.25, 0.3) is 0 Å². The predicted octanol–water partition coefficient (Wildman–Crippen LogP) is 4.26. The van der Waals surface area contributed by atoms with Crippen molar-refractivity contribution < 1.29 is 24.1 Å². The summed E-state index contributed by atoms with van der Waals surface area (Å²) in [7, 11) is 1.58. The van der Waals surface area contributed by atoms with E-state index in [2.05, 4.69) is 32.0 Å². The van der Waals surface area contributed by atoms with Gasteiger partial charge in [0.1, 0.15) is 17.6 Å². The van der Waals surface area contributed by atoms with Crippen molar-refractivity contribution in [2.75, 3.05) is 20.3 Å². The summed E-state index contributed by atoms with van der Waals surface area (Å²) in [5.74, 6) is 0.654. The van der Waals surface area contributed by atoms with Crippen molar-refractivity contribution in [3.05, 3.63) is 46.2 Å². The van der Waals surface area contributed by atoms with Gasteiger partial charge in [-0.25, -0.2) is 9.78 Å². The number of benzene rings is 2. The number of carboxylic acids is 1. The normalized spacial score (nSPS) is 11.2. The molecule has 1 heterocycles. The van der Waals surface area contributed by atoms with Crippen molar-refractivity contribution in [1.82, 2.24) is 9.97 Å². The highest BCUT2D eigenvalue weighted by molar-refractivity contribution is 9.10. The highest BCUT2D eigenvalue weighted by Gasteiger charge is 2.15. The maximum absolute atomic E-state index is 10.8. The molecule has 2 aromatic carbocycles. The molecule has 0 unspecified atom stereocenters. The first-order valence-electron chi connectivity index (χ1n) is 8.92. The van der Waals surface area contributed by atoms with E-state index in [1.807, 2.05) is 6.07 Å². The molecule has 30 heavy (non-hydrogen) atoms. The number of H-pyrrole nitrogens is 1. The lowest BCUT2D eigenvalue weighted by Gasteiger charge is -2.13. The lowest BCUT2D eigenvalue weighted by Crippen LogP contribution is -2.10. The van der Waals surface area contributed by atoms with E-state index < -0.39 is 12.6 Å². The fourth-order valence-electron chi connectivity index (χ4n) is 2.77. The number of hydrogen-bond donors (Lipinski definition) is 2. The lowest BCUT2D eigenvalue weighted by molar-refractivity contribution is -0.139. The highest BCUT2D eigenvalue weighted by atomic mass is 79.9. The third-order valence-corrected chi connectivity index (χ3v) is 4.64. The number of imidazole rings is 1. The third kappa shape index (κ3) is 4.72. The first kappa shape index (κ1) is 21.2. The van der Waals surface area contributed by atoms with Crippen LogP contribution in [-0.2, 0) is 4.79 Å². The molecule has 1 aromatic heterocycles. The number of fused-ring (bicyclic) bond motifs is 1. The van der Waals surface area contributed by atoms with Gasteiger partial charge in [-0.3, -0.25) is 0 Å². The molecule has 0 radical (unpaired) electrons. The fraction of sp³-hybridized carbons (Fsp3) is 0.190. The van der Waals surface area contributed by atoms with E-state index in [1.54, 1.807) is 44.4 Å². The summed E-state index contributed by atoms with van der Waals surface area (Å²) in [6, 6.07) is 10.9. The molecular weight excluding hydrogens is 454 g/mol. The average Bonchev–Trinajstić information content (AvgIpc) is 3.14. The largest absolute Gasteiger partial charge is 0.497 e. The molecule has 0 saturated heterocycles. The van der Waals surface area contributed by atoms with Crippen LogP contribution in [-0.4, -0.2) is 41.4 Å². The molecule has 0 atom stereocenters. The van der Waals surface area contributed by atoms with Crippen molar-refractivity contribution in [1.29, 1.82) is 5.26 Å². The number of hydrogen-bond acceptors (Lipinski definition) is 6. The summed E-state index contributed by atoms with van der Waals surface area (Å²) < 4.78 is 16.6. The van der Waals surface area contributed by atoms with Crippen molar-refractivity contribution in [3.63, 3.8) is 0 Å². The van der Waals surface area contributed by atoms with E-state index in [9.17, 15) is 10.1 Å². The van der Waals surface area contributed by atoms with Crippen LogP contribution in [0.5, 0.6) is 17.2 Å². The topological polar surface area (TPSA) is 117 Å². The van der Waals surface area contributed by atoms with Crippen LogP contribution >= 0.6 is 15.9 Å². The van der Waals surface area contributed by atoms with Gasteiger partial charge in [-0.15, -0.1) is 0 Å². The van der Waals surface area contributed by atoms with E-state index in [0.717, 1.165) is 5.52 Å². The molecule has 8 nitrogen and oxygen atoms in total. The second-order valence-corrected chi connectivity index (χ2v) is 6.94. The van der Waals surface area contributed by atoms with Gasteiger partial charge in [0.15, 0.2) is 18.1 Å². The van der Waals surface area contributed by atoms with E-state index in [1.165, 1.54) is 0 Å². The molecule has 2 N–H and O–H groups in total. The first-order valence-corrected chi connectivity index (χ1v) is 9.71. The molecule has 0 spiro atoms. The number of allylic oxidation sites excluding steroid dienone is 1. The molecule has 0 amide bonds. The Kier molecular flexibility index (Phi) is 6.59. The third-order valence-electron chi connectivity index (χ3n) is 4.05. The summed E-state index contributed by atoms with van der Waals surface area (Å²) in [5, 5.41) is 18.5. The Morgan fingerprint density at radius 3 is 2.80 bits per heavy atom. The molecule has 3 aromatic rings. The van der Waals surface area contributed by atoms with Gasteiger partial charge >= 0.3 is 5.97 Å². The lowest BCUT2D eigenvalue weighted by atomic mass is 10.1. The maximum atomic E-state index is 10.8. The smallest absolute Gasteiger partial charge is 0.341 e. The monoisotopic (exact) mass is 471 g/mol. The number of aromatic amines is 1. The molecule has 0 aliphatic carbocycles. The summed E-state index contributed by atoms with van der Waals surface area (Å²) in [5.41, 5.74) is 2.43. The van der Waals surface area contributed by atoms with Crippen LogP contribution in [0.3, 0.4) is 0 Å². The summed E-state index contributed by atoms with van der Waals surface area (Å²) in [6.07, 6.45) is 1.66. The number of rotatable bonds is 8. The highest BCUT2D eigenvalue weighted by Crippen LogP contribution is 2.38. The molecular formula is C21H18BrN3O5. The van der Waals surface area contributed by atoms with Crippen molar-refractivity contribution >= 4 is 44.6 Å². The van der Waals surface area contributed by atoms with E-state index >= 15 is 0 Å². The average molecular weight is 472 g/mol. The summed E-state index contributed by atoms with van der Waals surface area (Å²) in [6.45, 7) is 1.67.